The molecule has 0 bridgehead atoms. The number of nitrogens with zero attached hydrogens (tertiary/aromatic N) is 4. The summed E-state index contributed by atoms with van der Waals surface area (Å²) in [4.78, 5) is 13.3. The Morgan fingerprint density at radius 2 is 2.06 bits per heavy atom. The molecule has 0 spiro atoms. The fraction of sp³-hybridized carbons (Fsp3) is 0.667. The average Bonchev–Trinajstić information content (AvgIpc) is 2.70. The molecule has 3 rings (SSSR count). The van der Waals surface area contributed by atoms with Gasteiger partial charge in [-0.2, -0.15) is 0 Å². The molecule has 2 aliphatic heterocycles. The topological polar surface area (TPSA) is 32.3 Å². The van der Waals surface area contributed by atoms with Gasteiger partial charge in [0.2, 0.25) is 0 Å². The van der Waals surface area contributed by atoms with Gasteiger partial charge < -0.3 is 4.90 Å². The predicted molar refractivity (Wildman–Crippen MR) is 76.2 cm³/mol. The largest absolute Gasteiger partial charge is 0.354 e. The van der Waals surface area contributed by atoms with Gasteiger partial charge in [0.1, 0.15) is 17.3 Å². The van der Waals surface area contributed by atoms with Crippen LogP contribution in [0.4, 0.5) is 5.82 Å². The van der Waals surface area contributed by atoms with Gasteiger partial charge in [-0.25, -0.2) is 9.97 Å². The average molecular weight is 332 g/mol. The Morgan fingerprint density at radius 1 is 1.22 bits per heavy atom. The summed E-state index contributed by atoms with van der Waals surface area (Å²) in [6, 6.07) is 0.674. The zero-order valence-corrected chi connectivity index (χ0v) is 12.5. The Morgan fingerprint density at radius 3 is 2.94 bits per heavy atom. The second-order valence-corrected chi connectivity index (χ2v) is 6.08. The minimum absolute atomic E-state index is 0.493. The van der Waals surface area contributed by atoms with E-state index in [9.17, 15) is 0 Å². The van der Waals surface area contributed by atoms with Gasteiger partial charge in [-0.05, 0) is 41.7 Å². The van der Waals surface area contributed by atoms with E-state index in [4.69, 9.17) is 11.6 Å². The third kappa shape index (κ3) is 2.36. The first-order valence-electron chi connectivity index (χ1n) is 6.40. The summed E-state index contributed by atoms with van der Waals surface area (Å²) in [5.41, 5.74) is 0. The molecule has 98 valence electrons. The molecule has 0 aromatic carbocycles. The van der Waals surface area contributed by atoms with Crippen molar-refractivity contribution in [3.8, 4) is 0 Å². The summed E-state index contributed by atoms with van der Waals surface area (Å²) in [5, 5.41) is 0.493. The fourth-order valence-electron chi connectivity index (χ4n) is 2.96. The zero-order valence-electron chi connectivity index (χ0n) is 10.1. The Labute approximate surface area is 120 Å². The van der Waals surface area contributed by atoms with Crippen molar-refractivity contribution in [1.82, 2.24) is 14.9 Å². The van der Waals surface area contributed by atoms with Gasteiger partial charge in [0.15, 0.2) is 0 Å². The third-order valence-electron chi connectivity index (χ3n) is 3.83. The molecule has 6 heteroatoms. The lowest BCUT2D eigenvalue weighted by atomic mass is 10.2. The molecule has 0 aliphatic carbocycles. The van der Waals surface area contributed by atoms with E-state index in [1.54, 1.807) is 6.33 Å². The summed E-state index contributed by atoms with van der Waals surface area (Å²) < 4.78 is 0.818. The Kier molecular flexibility index (Phi) is 3.73. The van der Waals surface area contributed by atoms with E-state index in [0.717, 1.165) is 23.4 Å². The molecule has 1 unspecified atom stereocenters. The molecule has 3 heterocycles. The van der Waals surface area contributed by atoms with Crippen LogP contribution in [0.5, 0.6) is 0 Å². The highest BCUT2D eigenvalue weighted by Crippen LogP contribution is 2.31. The molecule has 18 heavy (non-hydrogen) atoms. The summed E-state index contributed by atoms with van der Waals surface area (Å²) in [7, 11) is 0. The van der Waals surface area contributed by atoms with Crippen molar-refractivity contribution in [2.75, 3.05) is 31.1 Å². The highest BCUT2D eigenvalue weighted by atomic mass is 79.9. The number of fused-ring (bicyclic) bond motifs is 1. The molecule has 2 saturated heterocycles. The molecule has 0 saturated carbocycles. The van der Waals surface area contributed by atoms with Crippen molar-refractivity contribution in [2.45, 2.75) is 25.3 Å². The summed E-state index contributed by atoms with van der Waals surface area (Å²) >= 11 is 9.55. The highest BCUT2D eigenvalue weighted by Gasteiger charge is 2.30. The van der Waals surface area contributed by atoms with Crippen molar-refractivity contribution in [3.05, 3.63) is 16.0 Å². The van der Waals surface area contributed by atoms with Gasteiger partial charge in [-0.15, -0.1) is 0 Å². The van der Waals surface area contributed by atoms with Crippen molar-refractivity contribution in [2.24, 2.45) is 0 Å². The number of anilines is 1. The SMILES string of the molecule is Clc1ncnc(N2CCCN3CCCC3C2)c1Br. The minimum atomic E-state index is 0.493. The van der Waals surface area contributed by atoms with E-state index < -0.39 is 0 Å². The second kappa shape index (κ2) is 5.31. The first-order chi connectivity index (χ1) is 8.75. The van der Waals surface area contributed by atoms with Crippen LogP contribution in [0.1, 0.15) is 19.3 Å². The van der Waals surface area contributed by atoms with Crippen molar-refractivity contribution in [3.63, 3.8) is 0 Å². The monoisotopic (exact) mass is 330 g/mol. The second-order valence-electron chi connectivity index (χ2n) is 4.93. The van der Waals surface area contributed by atoms with E-state index in [1.807, 2.05) is 0 Å². The highest BCUT2D eigenvalue weighted by molar-refractivity contribution is 9.10. The Hall–Kier alpha value is -0.390. The van der Waals surface area contributed by atoms with Gasteiger partial charge in [0, 0.05) is 25.7 Å². The smallest absolute Gasteiger partial charge is 0.148 e. The molecule has 4 nitrogen and oxygen atoms in total. The number of halogens is 2. The molecule has 2 aliphatic rings. The molecule has 1 atom stereocenters. The molecule has 0 N–H and O–H groups in total. The van der Waals surface area contributed by atoms with Crippen LogP contribution >= 0.6 is 27.5 Å². The fourth-order valence-corrected chi connectivity index (χ4v) is 3.54. The van der Waals surface area contributed by atoms with Crippen LogP contribution in [0.25, 0.3) is 0 Å². The minimum Gasteiger partial charge on any atom is -0.354 e. The van der Waals surface area contributed by atoms with Crippen LogP contribution in [0.3, 0.4) is 0 Å². The van der Waals surface area contributed by atoms with Crippen molar-refractivity contribution >= 4 is 33.3 Å². The molecule has 0 radical (unpaired) electrons. The first kappa shape index (κ1) is 12.6. The van der Waals surface area contributed by atoms with Gasteiger partial charge in [-0.3, -0.25) is 4.90 Å². The van der Waals surface area contributed by atoms with Gasteiger partial charge in [0.25, 0.3) is 0 Å². The standard InChI is InChI=1S/C12H16BrClN4/c13-10-11(14)15-8-16-12(10)18-6-2-5-17-4-1-3-9(17)7-18/h8-9H,1-7H2. The third-order valence-corrected chi connectivity index (χ3v) is 5.08. The van der Waals surface area contributed by atoms with Gasteiger partial charge in [-0.1, -0.05) is 11.6 Å². The summed E-state index contributed by atoms with van der Waals surface area (Å²) in [6.45, 7) is 4.55. The Bertz CT molecular complexity index is 442. The molecule has 1 aromatic rings. The maximum Gasteiger partial charge on any atom is 0.148 e. The maximum absolute atomic E-state index is 6.05. The number of hydrogen-bond donors (Lipinski definition) is 0. The Balaban J connectivity index is 1.85. The molecule has 0 amide bonds. The van der Waals surface area contributed by atoms with Crippen LogP contribution in [-0.2, 0) is 0 Å². The van der Waals surface area contributed by atoms with Crippen LogP contribution in [0.2, 0.25) is 5.15 Å². The lowest BCUT2D eigenvalue weighted by Gasteiger charge is -2.27. The van der Waals surface area contributed by atoms with E-state index >= 15 is 0 Å². The number of hydrogen-bond acceptors (Lipinski definition) is 4. The van der Waals surface area contributed by atoms with Crippen molar-refractivity contribution < 1.29 is 0 Å². The predicted octanol–water partition coefficient (Wildman–Crippen LogP) is 2.57. The molecular formula is C12H16BrClN4. The van der Waals surface area contributed by atoms with E-state index in [0.29, 0.717) is 11.2 Å². The number of aromatic nitrogens is 2. The molecule has 2 fully saturated rings. The molecule has 1 aromatic heterocycles. The van der Waals surface area contributed by atoms with E-state index in [2.05, 4.69) is 35.7 Å². The van der Waals surface area contributed by atoms with Crippen molar-refractivity contribution in [1.29, 1.82) is 0 Å². The summed E-state index contributed by atoms with van der Waals surface area (Å²) in [5.74, 6) is 0.934. The van der Waals surface area contributed by atoms with Crippen LogP contribution in [-0.4, -0.2) is 47.1 Å². The lowest BCUT2D eigenvalue weighted by Crippen LogP contribution is -2.37. The van der Waals surface area contributed by atoms with E-state index in [-0.39, 0.29) is 0 Å². The van der Waals surface area contributed by atoms with E-state index in [1.165, 1.54) is 32.4 Å². The molecular weight excluding hydrogens is 316 g/mol. The number of rotatable bonds is 1. The van der Waals surface area contributed by atoms with Gasteiger partial charge >= 0.3 is 0 Å². The zero-order chi connectivity index (χ0) is 12.5. The first-order valence-corrected chi connectivity index (χ1v) is 7.58. The quantitative estimate of drug-likeness (QED) is 0.740. The van der Waals surface area contributed by atoms with Crippen LogP contribution < -0.4 is 4.90 Å². The van der Waals surface area contributed by atoms with Crippen LogP contribution in [0.15, 0.2) is 10.8 Å². The summed E-state index contributed by atoms with van der Waals surface area (Å²) in [6.07, 6.45) is 5.35. The maximum atomic E-state index is 6.05. The van der Waals surface area contributed by atoms with Crippen LogP contribution in [0, 0.1) is 0 Å². The van der Waals surface area contributed by atoms with Gasteiger partial charge in [0.05, 0.1) is 4.47 Å². The lowest BCUT2D eigenvalue weighted by molar-refractivity contribution is 0.273. The normalized spacial score (nSPS) is 25.0.